The molecule has 0 heterocycles. The highest BCUT2D eigenvalue weighted by Crippen LogP contribution is 2.23. The lowest BCUT2D eigenvalue weighted by Gasteiger charge is -2.33. The third-order valence-electron chi connectivity index (χ3n) is 7.15. The molecule has 3 atom stereocenters. The van der Waals surface area contributed by atoms with Gasteiger partial charge in [0.15, 0.2) is 0 Å². The van der Waals surface area contributed by atoms with E-state index < -0.39 is 16.9 Å². The fraction of sp³-hybridized carbons (Fsp3) is 0.306. The molecule has 0 aromatic heterocycles. The third-order valence-corrected chi connectivity index (χ3v) is 8.92. The lowest BCUT2D eigenvalue weighted by molar-refractivity contribution is 0.132. The summed E-state index contributed by atoms with van der Waals surface area (Å²) in [5.74, 6) is 0.277. The Morgan fingerprint density at radius 2 is 1.26 bits per heavy atom. The van der Waals surface area contributed by atoms with Crippen LogP contribution in [0.25, 0.3) is 0 Å². The van der Waals surface area contributed by atoms with E-state index in [1.54, 1.807) is 0 Å². The fourth-order valence-electron chi connectivity index (χ4n) is 5.04. The van der Waals surface area contributed by atoms with Crippen LogP contribution in [0.2, 0.25) is 0 Å². The van der Waals surface area contributed by atoms with Gasteiger partial charge in [-0.3, -0.25) is 9.11 Å². The number of benzene rings is 4. The highest BCUT2D eigenvalue weighted by molar-refractivity contribution is 7.85. The Balaban J connectivity index is 1.63. The van der Waals surface area contributed by atoms with E-state index in [9.17, 15) is 9.00 Å². The molecule has 4 rings (SSSR count). The minimum atomic E-state index is -1.38. The van der Waals surface area contributed by atoms with Crippen molar-refractivity contribution in [2.24, 2.45) is 5.92 Å². The van der Waals surface area contributed by atoms with Crippen LogP contribution in [0.1, 0.15) is 42.5 Å². The van der Waals surface area contributed by atoms with Crippen molar-refractivity contribution in [2.75, 3.05) is 6.54 Å². The van der Waals surface area contributed by atoms with Crippen LogP contribution < -0.4 is 5.32 Å². The summed E-state index contributed by atoms with van der Waals surface area (Å²) in [5.41, 5.74) is 4.40. The van der Waals surface area contributed by atoms with Gasteiger partial charge in [-0.15, -0.1) is 0 Å². The van der Waals surface area contributed by atoms with E-state index in [0.717, 1.165) is 16.0 Å². The third kappa shape index (κ3) is 9.97. The zero-order chi connectivity index (χ0) is 29.7. The van der Waals surface area contributed by atoms with Crippen molar-refractivity contribution in [3.63, 3.8) is 0 Å². The van der Waals surface area contributed by atoms with Crippen LogP contribution in [-0.2, 0) is 35.2 Å². The molecule has 0 aliphatic carbocycles. The monoisotopic (exact) mass is 582 g/mol. The van der Waals surface area contributed by atoms with E-state index in [1.165, 1.54) is 11.1 Å². The van der Waals surface area contributed by atoms with Gasteiger partial charge in [0, 0.05) is 30.6 Å². The summed E-state index contributed by atoms with van der Waals surface area (Å²) in [6, 6.07) is 37.9. The maximum Gasteiger partial charge on any atom is 0.407 e. The quantitative estimate of drug-likeness (QED) is 0.167. The Bertz CT molecular complexity index is 1340. The van der Waals surface area contributed by atoms with Gasteiger partial charge < -0.3 is 10.1 Å². The highest BCUT2D eigenvalue weighted by Gasteiger charge is 2.32. The normalized spacial score (nSPS) is 13.5. The number of alkyl carbamates (subject to hydrolysis) is 1. The number of aryl methyl sites for hydroxylation is 1. The Morgan fingerprint density at radius 3 is 1.76 bits per heavy atom. The fourth-order valence-corrected chi connectivity index (χ4v) is 6.62. The molecule has 220 valence electrons. The molecule has 5 nitrogen and oxygen atoms in total. The van der Waals surface area contributed by atoms with Crippen molar-refractivity contribution < 1.29 is 13.7 Å². The van der Waals surface area contributed by atoms with Crippen molar-refractivity contribution in [3.05, 3.63) is 138 Å². The van der Waals surface area contributed by atoms with Crippen LogP contribution in [0.5, 0.6) is 0 Å². The largest absolute Gasteiger partial charge is 0.445 e. The number of hydrogen-bond acceptors (Lipinski definition) is 4. The first-order chi connectivity index (χ1) is 20.4. The summed E-state index contributed by atoms with van der Waals surface area (Å²) in [6.45, 7) is 8.39. The summed E-state index contributed by atoms with van der Waals surface area (Å²) in [5, 5.41) is 2.76. The van der Waals surface area contributed by atoms with Gasteiger partial charge in [0.1, 0.15) is 6.61 Å². The number of ether oxygens (including phenoxy) is 1. The number of carbonyl (C=O) groups excluding carboxylic acids is 1. The SMILES string of the molecule is Cc1ccc(S(=O)[C@H](CN(Cc2ccccc2)Cc2ccccc2)[C@H](CC(C)C)NC(=O)OCc2ccccc2)cc1. The average Bonchev–Trinajstić information content (AvgIpc) is 3.00. The van der Waals surface area contributed by atoms with Crippen molar-refractivity contribution >= 4 is 16.9 Å². The molecule has 0 aliphatic heterocycles. The van der Waals surface area contributed by atoms with E-state index in [-0.39, 0.29) is 23.8 Å². The summed E-state index contributed by atoms with van der Waals surface area (Å²) in [7, 11) is -1.38. The number of amides is 1. The number of carbonyl (C=O) groups is 1. The molecule has 4 aromatic carbocycles. The Labute approximate surface area is 253 Å². The van der Waals surface area contributed by atoms with E-state index in [2.05, 4.69) is 48.3 Å². The van der Waals surface area contributed by atoms with Crippen LogP contribution in [0.4, 0.5) is 4.79 Å². The molecule has 4 aromatic rings. The molecule has 6 heteroatoms. The van der Waals surface area contributed by atoms with Gasteiger partial charge >= 0.3 is 6.09 Å². The lowest BCUT2D eigenvalue weighted by Crippen LogP contribution is -2.50. The predicted octanol–water partition coefficient (Wildman–Crippen LogP) is 7.51. The molecular weight excluding hydrogens is 540 g/mol. The first kappa shape index (κ1) is 31.2. The second kappa shape index (κ2) is 16.0. The number of nitrogens with zero attached hydrogens (tertiary/aromatic N) is 1. The van der Waals surface area contributed by atoms with Gasteiger partial charge in [-0.2, -0.15) is 0 Å². The minimum absolute atomic E-state index is 0.181. The molecule has 1 amide bonds. The maximum atomic E-state index is 14.4. The average molecular weight is 583 g/mol. The molecule has 0 spiro atoms. The van der Waals surface area contributed by atoms with E-state index in [1.807, 2.05) is 97.9 Å². The molecular formula is C36H42N2O3S. The summed E-state index contributed by atoms with van der Waals surface area (Å²) in [6.07, 6.45) is 0.181. The van der Waals surface area contributed by atoms with Gasteiger partial charge in [0.05, 0.1) is 16.0 Å². The highest BCUT2D eigenvalue weighted by atomic mass is 32.2. The number of rotatable bonds is 14. The zero-order valence-corrected chi connectivity index (χ0v) is 25.6. The number of hydrogen-bond donors (Lipinski definition) is 1. The van der Waals surface area contributed by atoms with Gasteiger partial charge in [0.2, 0.25) is 0 Å². The molecule has 1 unspecified atom stereocenters. The molecule has 0 aliphatic rings. The van der Waals surface area contributed by atoms with Crippen LogP contribution >= 0.6 is 0 Å². The molecule has 42 heavy (non-hydrogen) atoms. The Morgan fingerprint density at radius 1 is 0.762 bits per heavy atom. The van der Waals surface area contributed by atoms with Gasteiger partial charge in [-0.25, -0.2) is 4.79 Å². The maximum absolute atomic E-state index is 14.4. The van der Waals surface area contributed by atoms with Crippen molar-refractivity contribution in [1.82, 2.24) is 10.2 Å². The minimum Gasteiger partial charge on any atom is -0.445 e. The molecule has 1 N–H and O–H groups in total. The zero-order valence-electron chi connectivity index (χ0n) is 24.8. The predicted molar refractivity (Wildman–Crippen MR) is 171 cm³/mol. The van der Waals surface area contributed by atoms with Crippen LogP contribution in [-0.4, -0.2) is 33.0 Å². The topological polar surface area (TPSA) is 58.6 Å². The van der Waals surface area contributed by atoms with Crippen molar-refractivity contribution in [1.29, 1.82) is 0 Å². The summed E-state index contributed by atoms with van der Waals surface area (Å²) in [4.78, 5) is 16.2. The first-order valence-corrected chi connectivity index (χ1v) is 15.8. The van der Waals surface area contributed by atoms with Gasteiger partial charge in [-0.05, 0) is 48.1 Å². The molecule has 0 saturated heterocycles. The summed E-state index contributed by atoms with van der Waals surface area (Å²) < 4.78 is 20.0. The van der Waals surface area contributed by atoms with E-state index >= 15 is 0 Å². The summed E-state index contributed by atoms with van der Waals surface area (Å²) >= 11 is 0. The van der Waals surface area contributed by atoms with Crippen LogP contribution in [0, 0.1) is 12.8 Å². The molecule has 0 bridgehead atoms. The van der Waals surface area contributed by atoms with Crippen LogP contribution in [0.15, 0.2) is 120 Å². The standard InChI is InChI=1S/C36H42N2O3S/c1-28(2)23-34(37-36(39)41-27-32-17-11-6-12-18-32)35(42(40)33-21-19-29(3)20-22-33)26-38(24-30-13-7-4-8-14-30)25-31-15-9-5-10-16-31/h4-22,28,34-35H,23-27H2,1-3H3,(H,37,39)/t34-,35+,42?/m0/s1. The second-order valence-corrected chi connectivity index (χ2v) is 12.9. The molecule has 0 saturated carbocycles. The number of nitrogens with one attached hydrogen (secondary N) is 1. The van der Waals surface area contributed by atoms with Crippen molar-refractivity contribution in [3.8, 4) is 0 Å². The van der Waals surface area contributed by atoms with Gasteiger partial charge in [0.25, 0.3) is 0 Å². The molecule has 0 radical (unpaired) electrons. The Hall–Kier alpha value is -3.74. The first-order valence-electron chi connectivity index (χ1n) is 14.6. The molecule has 0 fully saturated rings. The lowest BCUT2D eigenvalue weighted by atomic mass is 10.00. The van der Waals surface area contributed by atoms with Crippen molar-refractivity contribution in [2.45, 2.75) is 63.1 Å². The van der Waals surface area contributed by atoms with Crippen LogP contribution in [0.3, 0.4) is 0 Å². The van der Waals surface area contributed by atoms with E-state index in [0.29, 0.717) is 26.1 Å². The van der Waals surface area contributed by atoms with Gasteiger partial charge in [-0.1, -0.05) is 123 Å². The Kier molecular flexibility index (Phi) is 11.9. The van der Waals surface area contributed by atoms with E-state index in [4.69, 9.17) is 4.74 Å². The smallest absolute Gasteiger partial charge is 0.407 e. The second-order valence-electron chi connectivity index (χ2n) is 11.2.